The van der Waals surface area contributed by atoms with Crippen molar-refractivity contribution in [1.29, 1.82) is 0 Å². The highest BCUT2D eigenvalue weighted by Gasteiger charge is 2.36. The summed E-state index contributed by atoms with van der Waals surface area (Å²) in [6.07, 6.45) is 0. The molecule has 0 aliphatic rings. The predicted molar refractivity (Wildman–Crippen MR) is 131 cm³/mol. The van der Waals surface area contributed by atoms with Crippen LogP contribution < -0.4 is 14.8 Å². The number of esters is 1. The van der Waals surface area contributed by atoms with E-state index in [1.807, 2.05) is 39.0 Å². The summed E-state index contributed by atoms with van der Waals surface area (Å²) in [5, 5.41) is 3.50. The third-order valence-electron chi connectivity index (χ3n) is 5.17. The molecule has 1 atom stereocenters. The van der Waals surface area contributed by atoms with Crippen molar-refractivity contribution in [2.45, 2.75) is 44.5 Å². The lowest BCUT2D eigenvalue weighted by Crippen LogP contribution is -2.44. The first-order valence-corrected chi connectivity index (χ1v) is 12.1. The van der Waals surface area contributed by atoms with E-state index in [9.17, 15) is 9.18 Å². The molecule has 2 rings (SSSR count). The topological polar surface area (TPSA) is 56.8 Å². The molecule has 0 fully saturated rings. The van der Waals surface area contributed by atoms with Crippen LogP contribution in [0.4, 0.5) is 4.39 Å². The van der Waals surface area contributed by atoms with Gasteiger partial charge in [0.25, 0.3) is 0 Å². The zero-order chi connectivity index (χ0) is 23.9. The molecule has 2 aromatic rings. The summed E-state index contributed by atoms with van der Waals surface area (Å²) in [4.78, 5) is 12.4. The molecular formula is C24H31BrFNO4S. The van der Waals surface area contributed by atoms with Crippen LogP contribution in [0.15, 0.2) is 40.9 Å². The van der Waals surface area contributed by atoms with Gasteiger partial charge in [0, 0.05) is 34.0 Å². The van der Waals surface area contributed by atoms with E-state index in [-0.39, 0.29) is 11.8 Å². The maximum Gasteiger partial charge on any atom is 0.321 e. The molecule has 0 radical (unpaired) electrons. The molecule has 0 spiro atoms. The van der Waals surface area contributed by atoms with Crippen LogP contribution in [0.3, 0.4) is 0 Å². The number of carbonyl (C=O) groups excluding carboxylic acids is 1. The molecule has 176 valence electrons. The number of methoxy groups -OCH3 is 2. The number of hydrogen-bond donors (Lipinski definition) is 1. The third-order valence-corrected chi connectivity index (χ3v) is 7.28. The Morgan fingerprint density at radius 3 is 2.47 bits per heavy atom. The minimum atomic E-state index is -0.784. The van der Waals surface area contributed by atoms with Crippen LogP contribution in [0.5, 0.6) is 11.5 Å². The molecule has 5 nitrogen and oxygen atoms in total. The summed E-state index contributed by atoms with van der Waals surface area (Å²) in [5.74, 6) is 1.19. The number of benzene rings is 2. The average Bonchev–Trinajstić information content (AvgIpc) is 2.78. The molecule has 1 unspecified atom stereocenters. The van der Waals surface area contributed by atoms with E-state index in [1.54, 1.807) is 33.3 Å². The normalized spacial score (nSPS) is 13.4. The lowest BCUT2D eigenvalue weighted by molar-refractivity contribution is -0.145. The minimum absolute atomic E-state index is 0.293. The highest BCUT2D eigenvalue weighted by Crippen LogP contribution is 2.36. The van der Waals surface area contributed by atoms with Crippen LogP contribution in [0, 0.1) is 5.82 Å². The standard InChI is InChI=1S/C24H31BrFNO4S/c1-7-31-22(28)23(2,3)32-15-24(4,19-12-17(25)9-11-20(19)26)27-14-16-8-10-18(29-5)13-21(16)30-6/h8-13,27H,7,14-15H2,1-6H3. The monoisotopic (exact) mass is 527 g/mol. The van der Waals surface area contributed by atoms with Gasteiger partial charge in [0.05, 0.1) is 26.4 Å². The fourth-order valence-corrected chi connectivity index (χ4v) is 4.57. The van der Waals surface area contributed by atoms with Gasteiger partial charge in [0.1, 0.15) is 22.1 Å². The number of thioether (sulfide) groups is 1. The average molecular weight is 528 g/mol. The number of ether oxygens (including phenoxy) is 3. The van der Waals surface area contributed by atoms with E-state index in [0.29, 0.717) is 36.0 Å². The van der Waals surface area contributed by atoms with Gasteiger partial charge in [-0.15, -0.1) is 11.8 Å². The Hall–Kier alpha value is -1.77. The van der Waals surface area contributed by atoms with Crippen molar-refractivity contribution < 1.29 is 23.4 Å². The Kier molecular flexibility index (Phi) is 9.42. The molecule has 0 aliphatic carbocycles. The summed E-state index contributed by atoms with van der Waals surface area (Å²) in [7, 11) is 3.20. The Bertz CT molecular complexity index is 940. The predicted octanol–water partition coefficient (Wildman–Crippen LogP) is 5.69. The molecule has 8 heteroatoms. The van der Waals surface area contributed by atoms with E-state index >= 15 is 0 Å². The van der Waals surface area contributed by atoms with Crippen LogP contribution in [0.2, 0.25) is 0 Å². The Morgan fingerprint density at radius 1 is 1.12 bits per heavy atom. The molecule has 0 aromatic heterocycles. The molecule has 0 aliphatic heterocycles. The molecule has 0 heterocycles. The van der Waals surface area contributed by atoms with Gasteiger partial charge in [-0.1, -0.05) is 22.0 Å². The minimum Gasteiger partial charge on any atom is -0.497 e. The molecule has 1 N–H and O–H groups in total. The number of halogens is 2. The van der Waals surface area contributed by atoms with Gasteiger partial charge in [-0.2, -0.15) is 0 Å². The second-order valence-corrected chi connectivity index (χ2v) is 10.5. The molecule has 0 bridgehead atoms. The molecule has 2 aromatic carbocycles. The molecule has 0 amide bonds. The van der Waals surface area contributed by atoms with Gasteiger partial charge < -0.3 is 19.5 Å². The zero-order valence-corrected chi connectivity index (χ0v) is 21.8. The first-order valence-electron chi connectivity index (χ1n) is 10.3. The summed E-state index contributed by atoms with van der Waals surface area (Å²) < 4.78 is 30.9. The summed E-state index contributed by atoms with van der Waals surface area (Å²) in [5.41, 5.74) is 0.629. The van der Waals surface area contributed by atoms with Crippen molar-refractivity contribution >= 4 is 33.7 Å². The van der Waals surface area contributed by atoms with E-state index in [4.69, 9.17) is 14.2 Å². The van der Waals surface area contributed by atoms with Crippen molar-refractivity contribution in [2.24, 2.45) is 0 Å². The largest absolute Gasteiger partial charge is 0.497 e. The van der Waals surface area contributed by atoms with Crippen LogP contribution >= 0.6 is 27.7 Å². The fourth-order valence-electron chi connectivity index (χ4n) is 3.12. The Morgan fingerprint density at radius 2 is 1.84 bits per heavy atom. The third kappa shape index (κ3) is 6.62. The molecule has 32 heavy (non-hydrogen) atoms. The zero-order valence-electron chi connectivity index (χ0n) is 19.4. The van der Waals surface area contributed by atoms with Crippen LogP contribution in [-0.4, -0.2) is 37.3 Å². The van der Waals surface area contributed by atoms with Crippen molar-refractivity contribution in [2.75, 3.05) is 26.6 Å². The second kappa shape index (κ2) is 11.4. The van der Waals surface area contributed by atoms with E-state index in [2.05, 4.69) is 21.2 Å². The number of hydrogen-bond acceptors (Lipinski definition) is 6. The second-order valence-electron chi connectivity index (χ2n) is 8.01. The van der Waals surface area contributed by atoms with Crippen LogP contribution in [0.1, 0.15) is 38.8 Å². The van der Waals surface area contributed by atoms with Crippen LogP contribution in [0.25, 0.3) is 0 Å². The van der Waals surface area contributed by atoms with Crippen molar-refractivity contribution in [1.82, 2.24) is 5.32 Å². The maximum absolute atomic E-state index is 14.9. The summed E-state index contributed by atoms with van der Waals surface area (Å²) >= 11 is 4.87. The highest BCUT2D eigenvalue weighted by atomic mass is 79.9. The fraction of sp³-hybridized carbons (Fsp3) is 0.458. The van der Waals surface area contributed by atoms with Gasteiger partial charge in [-0.05, 0) is 52.0 Å². The van der Waals surface area contributed by atoms with Gasteiger partial charge >= 0.3 is 5.97 Å². The summed E-state index contributed by atoms with van der Waals surface area (Å²) in [6.45, 7) is 8.09. The SMILES string of the molecule is CCOC(=O)C(C)(C)SCC(C)(NCc1ccc(OC)cc1OC)c1cc(Br)ccc1F. The number of carbonyl (C=O) groups is 1. The van der Waals surface area contributed by atoms with Gasteiger partial charge in [-0.3, -0.25) is 4.79 Å². The number of rotatable bonds is 11. The van der Waals surface area contributed by atoms with E-state index in [0.717, 1.165) is 10.0 Å². The summed E-state index contributed by atoms with van der Waals surface area (Å²) in [6, 6.07) is 10.5. The van der Waals surface area contributed by atoms with E-state index in [1.165, 1.54) is 17.8 Å². The lowest BCUT2D eigenvalue weighted by atomic mass is 9.93. The van der Waals surface area contributed by atoms with Gasteiger partial charge in [-0.25, -0.2) is 4.39 Å². The molecule has 0 saturated heterocycles. The maximum atomic E-state index is 14.9. The van der Waals surface area contributed by atoms with Crippen molar-refractivity contribution in [3.8, 4) is 11.5 Å². The van der Waals surface area contributed by atoms with Gasteiger partial charge in [0.15, 0.2) is 0 Å². The lowest BCUT2D eigenvalue weighted by Gasteiger charge is -2.35. The Labute approximate surface area is 202 Å². The number of nitrogens with one attached hydrogen (secondary N) is 1. The molecular weight excluding hydrogens is 497 g/mol. The van der Waals surface area contributed by atoms with Gasteiger partial charge in [0.2, 0.25) is 0 Å². The first kappa shape index (κ1) is 26.5. The quantitative estimate of drug-likeness (QED) is 0.379. The van der Waals surface area contributed by atoms with Crippen LogP contribution in [-0.2, 0) is 21.6 Å². The van der Waals surface area contributed by atoms with E-state index < -0.39 is 10.3 Å². The van der Waals surface area contributed by atoms with Crippen molar-refractivity contribution in [3.05, 3.63) is 57.8 Å². The first-order chi connectivity index (χ1) is 15.1. The smallest absolute Gasteiger partial charge is 0.321 e. The molecule has 0 saturated carbocycles. The Balaban J connectivity index is 2.35. The van der Waals surface area contributed by atoms with Crippen molar-refractivity contribution in [3.63, 3.8) is 0 Å². The highest BCUT2D eigenvalue weighted by molar-refractivity contribution is 9.10.